The first-order valence-electron chi connectivity index (χ1n) is 7.69. The molecular weight excluding hydrogens is 356 g/mol. The van der Waals surface area contributed by atoms with E-state index in [0.717, 1.165) is 16.0 Å². The second kappa shape index (κ2) is 8.48. The molecule has 2 aromatic rings. The average molecular weight is 374 g/mol. The number of rotatable bonds is 6. The van der Waals surface area contributed by atoms with Crippen LogP contribution in [0, 0.1) is 24.0 Å². The first-order valence-corrected chi connectivity index (χ1v) is 8.91. The minimum atomic E-state index is -0.647. The molecule has 1 amide bonds. The normalized spacial score (nSPS) is 10.3. The van der Waals surface area contributed by atoms with Gasteiger partial charge in [-0.3, -0.25) is 14.9 Å². The number of thioether (sulfide) groups is 1. The van der Waals surface area contributed by atoms with Gasteiger partial charge in [0.1, 0.15) is 5.69 Å². The van der Waals surface area contributed by atoms with Gasteiger partial charge in [-0.25, -0.2) is 4.79 Å². The Hall–Kier alpha value is -2.87. The van der Waals surface area contributed by atoms with E-state index < -0.39 is 23.4 Å². The summed E-state index contributed by atoms with van der Waals surface area (Å²) in [4.78, 5) is 35.5. The second-order valence-corrected chi connectivity index (χ2v) is 6.38. The summed E-state index contributed by atoms with van der Waals surface area (Å²) in [5.74, 6) is -1.27. The molecule has 1 N–H and O–H groups in total. The van der Waals surface area contributed by atoms with E-state index in [9.17, 15) is 19.7 Å². The van der Waals surface area contributed by atoms with Crippen molar-refractivity contribution in [1.82, 2.24) is 0 Å². The number of carbonyl (C=O) groups excluding carboxylic acids is 2. The molecular formula is C18H18N2O5S. The van der Waals surface area contributed by atoms with Crippen LogP contribution >= 0.6 is 11.8 Å². The smallest absolute Gasteiger partial charge is 0.339 e. The molecule has 0 aromatic heterocycles. The third-order valence-corrected chi connectivity index (χ3v) is 4.54. The lowest BCUT2D eigenvalue weighted by molar-refractivity contribution is -0.384. The minimum absolute atomic E-state index is 0.0728. The number of esters is 1. The van der Waals surface area contributed by atoms with Crippen molar-refractivity contribution in [3.05, 3.63) is 63.2 Å². The zero-order chi connectivity index (χ0) is 19.3. The summed E-state index contributed by atoms with van der Waals surface area (Å²) in [5.41, 5.74) is 1.78. The van der Waals surface area contributed by atoms with E-state index in [0.29, 0.717) is 5.56 Å². The van der Waals surface area contributed by atoms with Gasteiger partial charge in [-0.2, -0.15) is 0 Å². The third-order valence-electron chi connectivity index (χ3n) is 3.74. The molecule has 2 aromatic carbocycles. The lowest BCUT2D eigenvalue weighted by Crippen LogP contribution is -2.21. The SMILES string of the molecule is CSc1ccccc1C(=O)OCC(=O)Nc1cc(C)c(C)cc1[N+](=O)[O-]. The highest BCUT2D eigenvalue weighted by Crippen LogP contribution is 2.28. The van der Waals surface area contributed by atoms with E-state index in [1.807, 2.05) is 6.26 Å². The summed E-state index contributed by atoms with van der Waals surface area (Å²) in [5, 5.41) is 13.6. The standard InChI is InChI=1S/C18H18N2O5S/c1-11-8-14(15(20(23)24)9-12(11)2)19-17(21)10-25-18(22)13-6-4-5-7-16(13)26-3/h4-9H,10H2,1-3H3,(H,19,21). The lowest BCUT2D eigenvalue weighted by Gasteiger charge is -2.10. The highest BCUT2D eigenvalue weighted by atomic mass is 32.2. The predicted molar refractivity (Wildman–Crippen MR) is 99.7 cm³/mol. The molecule has 7 nitrogen and oxygen atoms in total. The number of nitro benzene ring substituents is 1. The maximum absolute atomic E-state index is 12.1. The summed E-state index contributed by atoms with van der Waals surface area (Å²) < 4.78 is 5.02. The van der Waals surface area contributed by atoms with Crippen LogP contribution in [0.3, 0.4) is 0 Å². The molecule has 0 unspecified atom stereocenters. The Morgan fingerprint density at radius 1 is 1.19 bits per heavy atom. The van der Waals surface area contributed by atoms with Crippen molar-refractivity contribution < 1.29 is 19.2 Å². The summed E-state index contributed by atoms with van der Waals surface area (Å²) in [7, 11) is 0. The molecule has 0 aliphatic rings. The molecule has 0 radical (unpaired) electrons. The van der Waals surface area contributed by atoms with E-state index >= 15 is 0 Å². The first-order chi connectivity index (χ1) is 12.3. The molecule has 0 aliphatic carbocycles. The molecule has 2 rings (SSSR count). The summed E-state index contributed by atoms with van der Waals surface area (Å²) in [6, 6.07) is 9.81. The van der Waals surface area contributed by atoms with Gasteiger partial charge in [0.25, 0.3) is 11.6 Å². The Morgan fingerprint density at radius 2 is 1.85 bits per heavy atom. The quantitative estimate of drug-likeness (QED) is 0.358. The van der Waals surface area contributed by atoms with Crippen molar-refractivity contribution in [2.75, 3.05) is 18.2 Å². The average Bonchev–Trinajstić information content (AvgIpc) is 2.62. The van der Waals surface area contributed by atoms with E-state index in [1.54, 1.807) is 38.1 Å². The fraction of sp³-hybridized carbons (Fsp3) is 0.222. The Balaban J connectivity index is 2.07. The minimum Gasteiger partial charge on any atom is -0.452 e. The van der Waals surface area contributed by atoms with Gasteiger partial charge in [-0.1, -0.05) is 12.1 Å². The van der Waals surface area contributed by atoms with Crippen LogP contribution in [0.2, 0.25) is 0 Å². The van der Waals surface area contributed by atoms with Crippen LogP contribution in [-0.4, -0.2) is 29.7 Å². The van der Waals surface area contributed by atoms with Crippen LogP contribution in [0.25, 0.3) is 0 Å². The number of aryl methyl sites for hydroxylation is 2. The molecule has 0 heterocycles. The number of carbonyl (C=O) groups is 2. The number of nitro groups is 1. The van der Waals surface area contributed by atoms with Gasteiger partial charge < -0.3 is 10.1 Å². The van der Waals surface area contributed by atoms with Crippen LogP contribution in [0.5, 0.6) is 0 Å². The van der Waals surface area contributed by atoms with Gasteiger partial charge in [0.15, 0.2) is 6.61 Å². The number of hydrogen-bond acceptors (Lipinski definition) is 6. The van der Waals surface area contributed by atoms with E-state index in [-0.39, 0.29) is 11.4 Å². The first kappa shape index (κ1) is 19.5. The van der Waals surface area contributed by atoms with Crippen molar-refractivity contribution in [2.45, 2.75) is 18.7 Å². The van der Waals surface area contributed by atoms with Gasteiger partial charge >= 0.3 is 5.97 Å². The highest BCUT2D eigenvalue weighted by Gasteiger charge is 2.19. The van der Waals surface area contributed by atoms with Crippen LogP contribution in [-0.2, 0) is 9.53 Å². The molecule has 0 saturated heterocycles. The number of amides is 1. The van der Waals surface area contributed by atoms with E-state index in [1.165, 1.54) is 23.9 Å². The van der Waals surface area contributed by atoms with Crippen molar-refractivity contribution in [3.8, 4) is 0 Å². The Kier molecular flexibility index (Phi) is 6.35. The lowest BCUT2D eigenvalue weighted by atomic mass is 10.1. The van der Waals surface area contributed by atoms with Crippen LogP contribution in [0.1, 0.15) is 21.5 Å². The molecule has 0 bridgehead atoms. The second-order valence-electron chi connectivity index (χ2n) is 5.54. The maximum atomic E-state index is 12.1. The van der Waals surface area contributed by atoms with E-state index in [4.69, 9.17) is 4.74 Å². The Morgan fingerprint density at radius 3 is 2.50 bits per heavy atom. The van der Waals surface area contributed by atoms with Gasteiger partial charge in [-0.15, -0.1) is 11.8 Å². The third kappa shape index (κ3) is 4.60. The summed E-state index contributed by atoms with van der Waals surface area (Å²) in [6.07, 6.45) is 1.83. The summed E-state index contributed by atoms with van der Waals surface area (Å²) >= 11 is 1.39. The molecule has 0 atom stereocenters. The molecule has 26 heavy (non-hydrogen) atoms. The Bertz CT molecular complexity index is 867. The number of benzene rings is 2. The molecule has 0 aliphatic heterocycles. The van der Waals surface area contributed by atoms with Crippen molar-refractivity contribution >= 4 is 35.0 Å². The highest BCUT2D eigenvalue weighted by molar-refractivity contribution is 7.98. The van der Waals surface area contributed by atoms with E-state index in [2.05, 4.69) is 5.32 Å². The number of nitrogens with zero attached hydrogens (tertiary/aromatic N) is 1. The van der Waals surface area contributed by atoms with Gasteiger partial charge in [0.05, 0.1) is 10.5 Å². The zero-order valence-electron chi connectivity index (χ0n) is 14.6. The van der Waals surface area contributed by atoms with Gasteiger partial charge in [-0.05, 0) is 49.4 Å². The predicted octanol–water partition coefficient (Wildman–Crippen LogP) is 3.73. The molecule has 8 heteroatoms. The van der Waals surface area contributed by atoms with Gasteiger partial charge in [0, 0.05) is 11.0 Å². The number of hydrogen-bond donors (Lipinski definition) is 1. The van der Waals surface area contributed by atoms with Crippen molar-refractivity contribution in [2.24, 2.45) is 0 Å². The summed E-state index contributed by atoms with van der Waals surface area (Å²) in [6.45, 7) is 3.00. The number of nitrogens with one attached hydrogen (secondary N) is 1. The van der Waals surface area contributed by atoms with Crippen LogP contribution < -0.4 is 5.32 Å². The maximum Gasteiger partial charge on any atom is 0.339 e. The molecule has 0 saturated carbocycles. The molecule has 0 fully saturated rings. The fourth-order valence-electron chi connectivity index (χ4n) is 2.26. The van der Waals surface area contributed by atoms with Crippen molar-refractivity contribution in [1.29, 1.82) is 0 Å². The number of anilines is 1. The monoisotopic (exact) mass is 374 g/mol. The van der Waals surface area contributed by atoms with Crippen LogP contribution in [0.15, 0.2) is 41.3 Å². The number of ether oxygens (including phenoxy) is 1. The largest absolute Gasteiger partial charge is 0.452 e. The van der Waals surface area contributed by atoms with Crippen LogP contribution in [0.4, 0.5) is 11.4 Å². The molecule has 136 valence electrons. The molecule has 0 spiro atoms. The zero-order valence-corrected chi connectivity index (χ0v) is 15.4. The van der Waals surface area contributed by atoms with Crippen molar-refractivity contribution in [3.63, 3.8) is 0 Å². The van der Waals surface area contributed by atoms with Gasteiger partial charge in [0.2, 0.25) is 0 Å². The fourth-order valence-corrected chi connectivity index (χ4v) is 2.85. The topological polar surface area (TPSA) is 98.5 Å². The Labute approximate surface area is 154 Å².